The average Bonchev–Trinajstić information content (AvgIpc) is 2.92. The lowest BCUT2D eigenvalue weighted by atomic mass is 10.2. The summed E-state index contributed by atoms with van der Waals surface area (Å²) in [7, 11) is 0. The smallest absolute Gasteiger partial charge is 0.270 e. The number of hydrogen-bond acceptors (Lipinski definition) is 5. The van der Waals surface area contributed by atoms with Crippen LogP contribution in [0.25, 0.3) is 6.08 Å². The number of carbonyl (C=O) groups is 1. The van der Waals surface area contributed by atoms with Crippen molar-refractivity contribution in [3.63, 3.8) is 0 Å². The van der Waals surface area contributed by atoms with Gasteiger partial charge in [-0.15, -0.1) is 0 Å². The van der Waals surface area contributed by atoms with Crippen molar-refractivity contribution in [1.29, 1.82) is 0 Å². The van der Waals surface area contributed by atoms with Gasteiger partial charge in [-0.1, -0.05) is 24.0 Å². The third-order valence-corrected chi connectivity index (χ3v) is 6.54. The molecule has 0 saturated carbocycles. The van der Waals surface area contributed by atoms with Gasteiger partial charge in [0.15, 0.2) is 4.32 Å². The molecule has 0 aliphatic carbocycles. The van der Waals surface area contributed by atoms with Crippen LogP contribution in [0.2, 0.25) is 0 Å². The molecule has 2 aromatic carbocycles. The third kappa shape index (κ3) is 4.82. The number of thiocarbonyl (C=S) groups is 1. The summed E-state index contributed by atoms with van der Waals surface area (Å²) < 4.78 is 13.9. The molecule has 146 valence electrons. The zero-order chi connectivity index (χ0) is 20.3. The van der Waals surface area contributed by atoms with Crippen molar-refractivity contribution in [1.82, 2.24) is 0 Å². The fourth-order valence-corrected chi connectivity index (χ4v) is 6.01. The van der Waals surface area contributed by atoms with Crippen LogP contribution in [-0.2, 0) is 4.79 Å². The highest BCUT2D eigenvalue weighted by Crippen LogP contribution is 2.38. The van der Waals surface area contributed by atoms with Gasteiger partial charge in [0.05, 0.1) is 27.4 Å². The molecule has 1 aliphatic rings. The van der Waals surface area contributed by atoms with Crippen LogP contribution < -0.4 is 14.4 Å². The van der Waals surface area contributed by atoms with Crippen molar-refractivity contribution >= 4 is 91.2 Å². The van der Waals surface area contributed by atoms with E-state index in [1.54, 1.807) is 4.90 Å². The molecule has 1 fully saturated rings. The van der Waals surface area contributed by atoms with Crippen LogP contribution in [0.15, 0.2) is 41.3 Å². The zero-order valence-corrected chi connectivity index (χ0v) is 21.1. The number of thioether (sulfide) groups is 1. The van der Waals surface area contributed by atoms with Crippen LogP contribution in [0, 0.1) is 7.14 Å². The topological polar surface area (TPSA) is 38.8 Å². The van der Waals surface area contributed by atoms with Gasteiger partial charge in [-0.25, -0.2) is 0 Å². The first-order chi connectivity index (χ1) is 13.4. The number of ether oxygens (including phenoxy) is 2. The highest BCUT2D eigenvalue weighted by Gasteiger charge is 2.33. The van der Waals surface area contributed by atoms with E-state index >= 15 is 0 Å². The number of carbonyl (C=O) groups excluding carboxylic acids is 1. The average molecular weight is 637 g/mol. The zero-order valence-electron chi connectivity index (χ0n) is 15.2. The number of amides is 1. The van der Waals surface area contributed by atoms with Crippen LogP contribution in [0.1, 0.15) is 19.4 Å². The molecule has 0 radical (unpaired) electrons. The SMILES string of the molecule is CCOc1ccc(N2C(=O)/C(=C\c3cc(I)cc(I)c3OCC)SC2=S)cc1. The van der Waals surface area contributed by atoms with Crippen molar-refractivity contribution in [2.24, 2.45) is 0 Å². The molecule has 2 aromatic rings. The first-order valence-electron chi connectivity index (χ1n) is 8.57. The van der Waals surface area contributed by atoms with E-state index in [0.717, 1.165) is 29.9 Å². The second-order valence-corrected chi connectivity index (χ2v) is 9.77. The molecule has 1 amide bonds. The molecule has 0 bridgehead atoms. The normalized spacial score (nSPS) is 15.4. The van der Waals surface area contributed by atoms with Gasteiger partial charge in [0.25, 0.3) is 5.91 Å². The third-order valence-electron chi connectivity index (χ3n) is 3.81. The molecule has 0 atom stereocenters. The highest BCUT2D eigenvalue weighted by atomic mass is 127. The molecule has 0 N–H and O–H groups in total. The standard InChI is InChI=1S/C20H17I2NO3S2/c1-3-25-15-7-5-14(6-8-15)23-19(24)17(28-20(23)27)10-12-9-13(21)11-16(22)18(12)26-4-2/h5-11H,3-4H2,1-2H3/b17-10+. The van der Waals surface area contributed by atoms with Crippen LogP contribution >= 0.6 is 69.2 Å². The van der Waals surface area contributed by atoms with E-state index in [2.05, 4.69) is 51.2 Å². The first-order valence-corrected chi connectivity index (χ1v) is 12.0. The molecule has 1 aliphatic heterocycles. The lowest BCUT2D eigenvalue weighted by molar-refractivity contribution is -0.113. The maximum atomic E-state index is 13.0. The summed E-state index contributed by atoms with van der Waals surface area (Å²) in [6.45, 7) is 5.04. The quantitative estimate of drug-likeness (QED) is 0.218. The van der Waals surface area contributed by atoms with E-state index in [9.17, 15) is 4.79 Å². The Bertz CT molecular complexity index is 945. The van der Waals surface area contributed by atoms with E-state index in [0.29, 0.717) is 22.4 Å². The lowest BCUT2D eigenvalue weighted by Crippen LogP contribution is -2.27. The minimum absolute atomic E-state index is 0.129. The van der Waals surface area contributed by atoms with Gasteiger partial charge >= 0.3 is 0 Å². The summed E-state index contributed by atoms with van der Waals surface area (Å²) >= 11 is 11.3. The van der Waals surface area contributed by atoms with Gasteiger partial charge in [0.2, 0.25) is 0 Å². The fourth-order valence-electron chi connectivity index (χ4n) is 2.67. The molecule has 0 aromatic heterocycles. The number of anilines is 1. The highest BCUT2D eigenvalue weighted by molar-refractivity contribution is 14.1. The number of rotatable bonds is 6. The monoisotopic (exact) mass is 637 g/mol. The molecule has 0 spiro atoms. The summed E-state index contributed by atoms with van der Waals surface area (Å²) in [5.74, 6) is 1.42. The first kappa shape index (κ1) is 21.8. The fraction of sp³-hybridized carbons (Fsp3) is 0.200. The number of halogens is 2. The van der Waals surface area contributed by atoms with Crippen molar-refractivity contribution in [3.8, 4) is 11.5 Å². The summed E-state index contributed by atoms with van der Waals surface area (Å²) in [4.78, 5) is 15.2. The summed E-state index contributed by atoms with van der Waals surface area (Å²) in [5.41, 5.74) is 1.61. The van der Waals surface area contributed by atoms with Crippen molar-refractivity contribution in [3.05, 3.63) is 54.0 Å². The predicted molar refractivity (Wildman–Crippen MR) is 136 cm³/mol. The van der Waals surface area contributed by atoms with E-state index in [1.807, 2.05) is 50.3 Å². The van der Waals surface area contributed by atoms with Gasteiger partial charge in [-0.2, -0.15) is 0 Å². The molecule has 8 heteroatoms. The van der Waals surface area contributed by atoms with Crippen LogP contribution in [0.3, 0.4) is 0 Å². The Morgan fingerprint density at radius 2 is 1.79 bits per heavy atom. The summed E-state index contributed by atoms with van der Waals surface area (Å²) in [6.07, 6.45) is 1.86. The van der Waals surface area contributed by atoms with Gasteiger partial charge in [0.1, 0.15) is 11.5 Å². The number of benzene rings is 2. The maximum Gasteiger partial charge on any atom is 0.270 e. The molecular formula is C20H17I2NO3S2. The molecule has 28 heavy (non-hydrogen) atoms. The summed E-state index contributed by atoms with van der Waals surface area (Å²) in [6, 6.07) is 11.4. The molecule has 0 unspecified atom stereocenters. The van der Waals surface area contributed by atoms with E-state index in [-0.39, 0.29) is 5.91 Å². The lowest BCUT2D eigenvalue weighted by Gasteiger charge is -2.15. The van der Waals surface area contributed by atoms with Crippen molar-refractivity contribution in [2.45, 2.75) is 13.8 Å². The van der Waals surface area contributed by atoms with E-state index in [1.165, 1.54) is 11.8 Å². The molecule has 1 saturated heterocycles. The minimum Gasteiger partial charge on any atom is -0.494 e. The maximum absolute atomic E-state index is 13.0. The van der Waals surface area contributed by atoms with E-state index < -0.39 is 0 Å². The van der Waals surface area contributed by atoms with Gasteiger partial charge < -0.3 is 9.47 Å². The number of hydrogen-bond donors (Lipinski definition) is 0. The number of nitrogens with zero attached hydrogens (tertiary/aromatic N) is 1. The molecule has 4 nitrogen and oxygen atoms in total. The van der Waals surface area contributed by atoms with Gasteiger partial charge in [-0.05, 0) is 102 Å². The van der Waals surface area contributed by atoms with Gasteiger partial charge in [-0.3, -0.25) is 9.69 Å². The Labute approximate surface area is 201 Å². The van der Waals surface area contributed by atoms with Crippen molar-refractivity contribution < 1.29 is 14.3 Å². The summed E-state index contributed by atoms with van der Waals surface area (Å²) in [5, 5.41) is 0. The van der Waals surface area contributed by atoms with Crippen LogP contribution in [0.4, 0.5) is 5.69 Å². The Hall–Kier alpha value is -0.850. The van der Waals surface area contributed by atoms with Crippen molar-refractivity contribution in [2.75, 3.05) is 18.1 Å². The second kappa shape index (κ2) is 9.77. The Morgan fingerprint density at radius 1 is 1.11 bits per heavy atom. The Morgan fingerprint density at radius 3 is 2.43 bits per heavy atom. The molecular weight excluding hydrogens is 620 g/mol. The molecule has 1 heterocycles. The molecule has 3 rings (SSSR count). The Balaban J connectivity index is 1.93. The van der Waals surface area contributed by atoms with Gasteiger partial charge in [0, 0.05) is 9.13 Å². The van der Waals surface area contributed by atoms with Crippen LogP contribution in [-0.4, -0.2) is 23.4 Å². The van der Waals surface area contributed by atoms with E-state index in [4.69, 9.17) is 21.7 Å². The predicted octanol–water partition coefficient (Wildman–Crippen LogP) is 6.10. The minimum atomic E-state index is -0.129. The van der Waals surface area contributed by atoms with Crippen LogP contribution in [0.5, 0.6) is 11.5 Å². The Kier molecular flexibility index (Phi) is 7.62. The second-order valence-electron chi connectivity index (χ2n) is 5.68. The largest absolute Gasteiger partial charge is 0.494 e.